The zero-order valence-corrected chi connectivity index (χ0v) is 18.9. The van der Waals surface area contributed by atoms with Crippen molar-refractivity contribution in [2.45, 2.75) is 19.9 Å². The lowest BCUT2D eigenvalue weighted by Crippen LogP contribution is -2.57. The van der Waals surface area contributed by atoms with Crippen LogP contribution < -0.4 is 10.6 Å². The molecule has 1 saturated heterocycles. The van der Waals surface area contributed by atoms with Gasteiger partial charge < -0.3 is 10.6 Å². The van der Waals surface area contributed by atoms with E-state index in [-0.39, 0.29) is 6.04 Å². The number of piperazine rings is 1. The molecule has 0 bridgehead atoms. The number of nitrogens with one attached hydrogen (secondary N) is 2. The summed E-state index contributed by atoms with van der Waals surface area (Å²) in [6, 6.07) is 5.74. The molecular weight excluding hydrogens is 432 g/mol. The Morgan fingerprint density at radius 1 is 1.23 bits per heavy atom. The quantitative estimate of drug-likeness (QED) is 0.621. The number of hydrogen-bond donors (Lipinski definition) is 2. The number of fused-ring (bicyclic) bond motifs is 2. The standard InChI is InChI=1S/C21H23ClN8S/c1-3-16-17-14(22)5-4-6-15(17)28-20(30(16)29-9-7-23-8-10-29)13(2)27-19-18-21(25-11-24-19)31-12-26-18/h3-6,11-13,23H,7-10H2,1-2H3,(H,24,25,27)/b16-3+/t13-/m0/s1. The maximum Gasteiger partial charge on any atom is 0.157 e. The first-order chi connectivity index (χ1) is 15.2. The van der Waals surface area contributed by atoms with Gasteiger partial charge in [-0.15, -0.1) is 11.3 Å². The Hall–Kier alpha value is -2.59. The number of hydrogen-bond acceptors (Lipinski definition) is 9. The van der Waals surface area contributed by atoms with Gasteiger partial charge in [0, 0.05) is 31.7 Å². The molecule has 3 aromatic rings. The van der Waals surface area contributed by atoms with Crippen molar-refractivity contribution in [1.82, 2.24) is 30.3 Å². The van der Waals surface area contributed by atoms with Crippen molar-refractivity contribution < 1.29 is 0 Å². The first-order valence-corrected chi connectivity index (χ1v) is 11.5. The fraction of sp³-hybridized carbons (Fsp3) is 0.333. The number of rotatable bonds is 4. The number of benzene rings is 1. The third-order valence-electron chi connectivity index (χ3n) is 5.45. The van der Waals surface area contributed by atoms with Gasteiger partial charge in [-0.25, -0.2) is 25.0 Å². The van der Waals surface area contributed by atoms with E-state index >= 15 is 0 Å². The zero-order valence-electron chi connectivity index (χ0n) is 17.3. The number of thiazole rings is 1. The Balaban J connectivity index is 1.58. The molecule has 5 rings (SSSR count). The average molecular weight is 455 g/mol. The maximum atomic E-state index is 6.62. The largest absolute Gasteiger partial charge is 0.358 e. The van der Waals surface area contributed by atoms with E-state index in [0.29, 0.717) is 10.8 Å². The predicted molar refractivity (Wildman–Crippen MR) is 127 cm³/mol. The Morgan fingerprint density at radius 2 is 2.06 bits per heavy atom. The average Bonchev–Trinajstić information content (AvgIpc) is 3.28. The molecule has 2 aliphatic heterocycles. The molecule has 4 heterocycles. The summed E-state index contributed by atoms with van der Waals surface area (Å²) in [7, 11) is 0. The minimum absolute atomic E-state index is 0.128. The van der Waals surface area contributed by atoms with Crippen molar-refractivity contribution >= 4 is 56.3 Å². The number of hydrazine groups is 1. The van der Waals surface area contributed by atoms with Crippen LogP contribution in [0.2, 0.25) is 5.02 Å². The highest BCUT2D eigenvalue weighted by Crippen LogP contribution is 2.40. The van der Waals surface area contributed by atoms with Crippen molar-refractivity contribution in [2.24, 2.45) is 4.99 Å². The normalized spacial score (nSPS) is 19.4. The van der Waals surface area contributed by atoms with E-state index in [1.807, 2.05) is 25.1 Å². The van der Waals surface area contributed by atoms with Gasteiger partial charge in [-0.1, -0.05) is 23.7 Å². The van der Waals surface area contributed by atoms with Crippen LogP contribution in [-0.4, -0.2) is 63.0 Å². The second kappa shape index (κ2) is 8.51. The van der Waals surface area contributed by atoms with Gasteiger partial charge >= 0.3 is 0 Å². The molecule has 0 spiro atoms. The van der Waals surface area contributed by atoms with E-state index in [1.165, 1.54) is 11.3 Å². The first-order valence-electron chi connectivity index (χ1n) is 10.3. The van der Waals surface area contributed by atoms with Gasteiger partial charge in [-0.2, -0.15) is 0 Å². The molecular formula is C21H23ClN8S. The molecule has 1 fully saturated rings. The minimum Gasteiger partial charge on any atom is -0.358 e. The summed E-state index contributed by atoms with van der Waals surface area (Å²) in [5, 5.41) is 12.2. The lowest BCUT2D eigenvalue weighted by Gasteiger charge is -2.44. The summed E-state index contributed by atoms with van der Waals surface area (Å²) in [5.41, 5.74) is 5.44. The summed E-state index contributed by atoms with van der Waals surface area (Å²) in [5.74, 6) is 1.60. The second-order valence-corrected chi connectivity index (χ2v) is 8.63. The van der Waals surface area contributed by atoms with Crippen LogP contribution in [0.3, 0.4) is 0 Å². The SMILES string of the molecule is C/C=C1\c2c(Cl)cccc2N=C([C@H](C)Nc2ncnc3scnc23)N1N1CCNCC1. The van der Waals surface area contributed by atoms with Crippen molar-refractivity contribution in [3.05, 3.63) is 46.7 Å². The molecule has 2 aromatic heterocycles. The summed E-state index contributed by atoms with van der Waals surface area (Å²) in [6.45, 7) is 7.74. The molecule has 8 nitrogen and oxygen atoms in total. The number of aliphatic imine (C=N–C) groups is 1. The highest BCUT2D eigenvalue weighted by atomic mass is 35.5. The zero-order chi connectivity index (χ0) is 21.4. The van der Waals surface area contributed by atoms with Gasteiger partial charge in [0.2, 0.25) is 0 Å². The van der Waals surface area contributed by atoms with Crippen molar-refractivity contribution in [3.63, 3.8) is 0 Å². The number of aromatic nitrogens is 3. The van der Waals surface area contributed by atoms with E-state index in [9.17, 15) is 0 Å². The summed E-state index contributed by atoms with van der Waals surface area (Å²) < 4.78 is 0. The van der Waals surface area contributed by atoms with E-state index < -0.39 is 0 Å². The van der Waals surface area contributed by atoms with Crippen LogP contribution in [0.5, 0.6) is 0 Å². The van der Waals surface area contributed by atoms with E-state index in [0.717, 1.165) is 59.3 Å². The fourth-order valence-corrected chi connectivity index (χ4v) is 4.92. The van der Waals surface area contributed by atoms with Gasteiger partial charge in [0.05, 0.1) is 28.0 Å². The monoisotopic (exact) mass is 454 g/mol. The number of halogens is 1. The molecule has 2 N–H and O–H groups in total. The van der Waals surface area contributed by atoms with Crippen LogP contribution in [0, 0.1) is 0 Å². The van der Waals surface area contributed by atoms with Gasteiger partial charge in [0.25, 0.3) is 0 Å². The molecule has 0 amide bonds. The number of nitrogens with zero attached hydrogens (tertiary/aromatic N) is 6. The van der Waals surface area contributed by atoms with E-state index in [4.69, 9.17) is 16.6 Å². The lowest BCUT2D eigenvalue weighted by molar-refractivity contribution is 0.0812. The van der Waals surface area contributed by atoms with E-state index in [2.05, 4.69) is 48.6 Å². The fourth-order valence-electron chi connectivity index (χ4n) is 4.03. The molecule has 1 aromatic carbocycles. The third-order valence-corrected chi connectivity index (χ3v) is 6.50. The van der Waals surface area contributed by atoms with Gasteiger partial charge in [0.15, 0.2) is 5.82 Å². The topological polar surface area (TPSA) is 81.6 Å². The van der Waals surface area contributed by atoms with Crippen LogP contribution in [0.15, 0.2) is 41.1 Å². The maximum absolute atomic E-state index is 6.62. The summed E-state index contributed by atoms with van der Waals surface area (Å²) >= 11 is 8.12. The van der Waals surface area contributed by atoms with Gasteiger partial charge in [0.1, 0.15) is 22.5 Å². The molecule has 0 saturated carbocycles. The predicted octanol–water partition coefficient (Wildman–Crippen LogP) is 3.77. The second-order valence-electron chi connectivity index (χ2n) is 7.39. The Bertz CT molecular complexity index is 1170. The van der Waals surface area contributed by atoms with Crippen LogP contribution in [0.4, 0.5) is 11.5 Å². The molecule has 2 aliphatic rings. The highest BCUT2D eigenvalue weighted by Gasteiger charge is 2.34. The first kappa shape index (κ1) is 20.3. The molecule has 160 valence electrons. The Labute approximate surface area is 189 Å². The van der Waals surface area contributed by atoms with Crippen LogP contribution in [0.25, 0.3) is 16.0 Å². The smallest absolute Gasteiger partial charge is 0.157 e. The minimum atomic E-state index is -0.128. The molecule has 31 heavy (non-hydrogen) atoms. The molecule has 0 unspecified atom stereocenters. The summed E-state index contributed by atoms with van der Waals surface area (Å²) in [4.78, 5) is 19.1. The Morgan fingerprint density at radius 3 is 2.87 bits per heavy atom. The highest BCUT2D eigenvalue weighted by molar-refractivity contribution is 7.16. The van der Waals surface area contributed by atoms with Crippen LogP contribution in [0.1, 0.15) is 19.4 Å². The molecule has 0 radical (unpaired) electrons. The van der Waals surface area contributed by atoms with E-state index in [1.54, 1.807) is 11.8 Å². The van der Waals surface area contributed by atoms with Crippen molar-refractivity contribution in [3.8, 4) is 0 Å². The van der Waals surface area contributed by atoms with Gasteiger partial charge in [-0.3, -0.25) is 5.01 Å². The van der Waals surface area contributed by atoms with Gasteiger partial charge in [-0.05, 0) is 26.0 Å². The number of allylic oxidation sites excluding steroid dienone is 1. The third kappa shape index (κ3) is 3.67. The van der Waals surface area contributed by atoms with Crippen LogP contribution >= 0.6 is 22.9 Å². The van der Waals surface area contributed by atoms with Crippen LogP contribution in [-0.2, 0) is 0 Å². The number of anilines is 1. The molecule has 0 aliphatic carbocycles. The molecule has 1 atom stereocenters. The number of amidine groups is 1. The molecule has 10 heteroatoms. The summed E-state index contributed by atoms with van der Waals surface area (Å²) in [6.07, 6.45) is 3.68. The lowest BCUT2D eigenvalue weighted by atomic mass is 10.0. The van der Waals surface area contributed by atoms with Crippen molar-refractivity contribution in [1.29, 1.82) is 0 Å². The Kier molecular flexibility index (Phi) is 5.58. The van der Waals surface area contributed by atoms with Crippen molar-refractivity contribution in [2.75, 3.05) is 31.5 Å².